The molecule has 2 aromatic heterocycles. The van der Waals surface area contributed by atoms with E-state index in [1.54, 1.807) is 0 Å². The van der Waals surface area contributed by atoms with Gasteiger partial charge in [-0.15, -0.1) is 0 Å². The van der Waals surface area contributed by atoms with Crippen molar-refractivity contribution in [3.63, 3.8) is 0 Å². The molecule has 0 saturated carbocycles. The molecule has 2 aromatic rings. The van der Waals surface area contributed by atoms with Crippen LogP contribution in [0.25, 0.3) is 11.5 Å². The Morgan fingerprint density at radius 2 is 2.08 bits per heavy atom. The van der Waals surface area contributed by atoms with Gasteiger partial charge in [-0.1, -0.05) is 6.92 Å². The van der Waals surface area contributed by atoms with Crippen molar-refractivity contribution >= 4 is 10.0 Å². The van der Waals surface area contributed by atoms with Crippen molar-refractivity contribution in [1.82, 2.24) is 19.3 Å². The molecule has 3 rings (SSSR count). The first-order valence-corrected chi connectivity index (χ1v) is 9.43. The number of halogens is 2. The summed E-state index contributed by atoms with van der Waals surface area (Å²) in [7, 11) is -3.25. The van der Waals surface area contributed by atoms with Crippen LogP contribution < -0.4 is 0 Å². The molecule has 1 N–H and O–H groups in total. The second kappa shape index (κ2) is 6.21. The molecule has 2 atom stereocenters. The van der Waals surface area contributed by atoms with Gasteiger partial charge in [-0.2, -0.15) is 9.37 Å². The van der Waals surface area contributed by atoms with Gasteiger partial charge in [0.25, 0.3) is 0 Å². The molecule has 130 valence electrons. The van der Waals surface area contributed by atoms with E-state index in [2.05, 4.69) is 15.0 Å². The molecule has 1 fully saturated rings. The van der Waals surface area contributed by atoms with Crippen molar-refractivity contribution in [2.24, 2.45) is 5.92 Å². The largest absolute Gasteiger partial charge is 0.338 e. The SMILES string of the molecule is C[C@H]1CN(S(C)(=O)=O)CC[C@H]1c1[nH]c(-c2ccc(F)cn2)nc1F. The Hall–Kier alpha value is -1.87. The molecule has 0 bridgehead atoms. The van der Waals surface area contributed by atoms with Gasteiger partial charge >= 0.3 is 0 Å². The first-order chi connectivity index (χ1) is 11.3. The van der Waals surface area contributed by atoms with Crippen LogP contribution in [0.1, 0.15) is 25.0 Å². The fraction of sp³-hybridized carbons (Fsp3) is 0.467. The Kier molecular flexibility index (Phi) is 4.39. The van der Waals surface area contributed by atoms with Gasteiger partial charge in [-0.3, -0.25) is 0 Å². The van der Waals surface area contributed by atoms with Crippen LogP contribution in [0.2, 0.25) is 0 Å². The topological polar surface area (TPSA) is 79.0 Å². The van der Waals surface area contributed by atoms with Gasteiger partial charge in [0, 0.05) is 19.0 Å². The lowest BCUT2D eigenvalue weighted by Gasteiger charge is -2.34. The van der Waals surface area contributed by atoms with E-state index in [0.29, 0.717) is 30.9 Å². The third-order valence-electron chi connectivity index (χ3n) is 4.36. The van der Waals surface area contributed by atoms with Crippen molar-refractivity contribution in [3.8, 4) is 11.5 Å². The zero-order valence-corrected chi connectivity index (χ0v) is 14.1. The number of aromatic amines is 1. The summed E-state index contributed by atoms with van der Waals surface area (Å²) in [6, 6.07) is 2.66. The minimum atomic E-state index is -3.25. The number of nitrogens with zero attached hydrogens (tertiary/aromatic N) is 3. The van der Waals surface area contributed by atoms with Gasteiger partial charge in [0.05, 0.1) is 18.1 Å². The van der Waals surface area contributed by atoms with E-state index in [1.807, 2.05) is 6.92 Å². The molecule has 0 unspecified atom stereocenters. The van der Waals surface area contributed by atoms with Crippen LogP contribution in [-0.4, -0.2) is 47.0 Å². The highest BCUT2D eigenvalue weighted by molar-refractivity contribution is 7.88. The molecule has 24 heavy (non-hydrogen) atoms. The van der Waals surface area contributed by atoms with Crippen LogP contribution in [0.15, 0.2) is 18.3 Å². The summed E-state index contributed by atoms with van der Waals surface area (Å²) >= 11 is 0. The van der Waals surface area contributed by atoms with Crippen molar-refractivity contribution < 1.29 is 17.2 Å². The smallest absolute Gasteiger partial charge is 0.234 e. The van der Waals surface area contributed by atoms with E-state index in [1.165, 1.54) is 22.7 Å². The Morgan fingerprint density at radius 1 is 1.33 bits per heavy atom. The average molecular weight is 356 g/mol. The maximum Gasteiger partial charge on any atom is 0.234 e. The van der Waals surface area contributed by atoms with Crippen molar-refractivity contribution in [3.05, 3.63) is 35.8 Å². The lowest BCUT2D eigenvalue weighted by atomic mass is 9.85. The Balaban J connectivity index is 1.84. The number of imidazole rings is 1. The van der Waals surface area contributed by atoms with Crippen LogP contribution in [0.5, 0.6) is 0 Å². The molecule has 1 aliphatic heterocycles. The Morgan fingerprint density at radius 3 is 2.67 bits per heavy atom. The van der Waals surface area contributed by atoms with Gasteiger partial charge in [-0.05, 0) is 24.5 Å². The van der Waals surface area contributed by atoms with Crippen LogP contribution in [0.4, 0.5) is 8.78 Å². The number of nitrogens with one attached hydrogen (secondary N) is 1. The lowest BCUT2D eigenvalue weighted by Crippen LogP contribution is -2.41. The summed E-state index contributed by atoms with van der Waals surface area (Å²) in [6.07, 6.45) is 2.72. The third kappa shape index (κ3) is 3.32. The van der Waals surface area contributed by atoms with Gasteiger partial charge in [0.2, 0.25) is 16.0 Å². The Labute approximate surface area is 139 Å². The zero-order valence-electron chi connectivity index (χ0n) is 13.3. The highest BCUT2D eigenvalue weighted by Crippen LogP contribution is 2.34. The lowest BCUT2D eigenvalue weighted by molar-refractivity contribution is 0.243. The number of hydrogen-bond acceptors (Lipinski definition) is 4. The second-order valence-corrected chi connectivity index (χ2v) is 8.13. The van der Waals surface area contributed by atoms with Crippen LogP contribution in [0.3, 0.4) is 0 Å². The normalized spacial score (nSPS) is 22.7. The van der Waals surface area contributed by atoms with Gasteiger partial charge in [-0.25, -0.2) is 22.1 Å². The summed E-state index contributed by atoms with van der Waals surface area (Å²) in [5, 5.41) is 0. The molecule has 0 spiro atoms. The number of aromatic nitrogens is 3. The number of sulfonamides is 1. The number of rotatable bonds is 3. The van der Waals surface area contributed by atoms with E-state index in [4.69, 9.17) is 0 Å². The minimum Gasteiger partial charge on any atom is -0.338 e. The first kappa shape index (κ1) is 17.0. The molecular formula is C15H18F2N4O2S. The fourth-order valence-corrected chi connectivity index (χ4v) is 4.03. The molecule has 0 aromatic carbocycles. The summed E-state index contributed by atoms with van der Waals surface area (Å²) in [5.41, 5.74) is 0.694. The zero-order chi connectivity index (χ0) is 17.5. The number of H-pyrrole nitrogens is 1. The molecule has 0 aliphatic carbocycles. The van der Waals surface area contributed by atoms with Crippen molar-refractivity contribution in [2.45, 2.75) is 19.3 Å². The van der Waals surface area contributed by atoms with Crippen LogP contribution in [0, 0.1) is 17.7 Å². The molecule has 0 radical (unpaired) electrons. The molecule has 0 amide bonds. The number of piperidine rings is 1. The van der Waals surface area contributed by atoms with E-state index >= 15 is 0 Å². The first-order valence-electron chi connectivity index (χ1n) is 7.58. The van der Waals surface area contributed by atoms with E-state index < -0.39 is 21.8 Å². The third-order valence-corrected chi connectivity index (χ3v) is 5.63. The predicted molar refractivity (Wildman–Crippen MR) is 84.7 cm³/mol. The molecule has 6 nitrogen and oxygen atoms in total. The predicted octanol–water partition coefficient (Wildman–Crippen LogP) is 2.13. The molecule has 3 heterocycles. The summed E-state index contributed by atoms with van der Waals surface area (Å²) in [4.78, 5) is 10.7. The summed E-state index contributed by atoms with van der Waals surface area (Å²) < 4.78 is 51.9. The van der Waals surface area contributed by atoms with Gasteiger partial charge in [0.15, 0.2) is 5.82 Å². The van der Waals surface area contributed by atoms with Gasteiger partial charge in [0.1, 0.15) is 11.5 Å². The summed E-state index contributed by atoms with van der Waals surface area (Å²) in [5.74, 6) is -1.09. The summed E-state index contributed by atoms with van der Waals surface area (Å²) in [6.45, 7) is 2.57. The molecular weight excluding hydrogens is 338 g/mol. The van der Waals surface area contributed by atoms with E-state index in [9.17, 15) is 17.2 Å². The second-order valence-electron chi connectivity index (χ2n) is 6.15. The van der Waals surface area contributed by atoms with Crippen molar-refractivity contribution in [2.75, 3.05) is 19.3 Å². The molecule has 1 saturated heterocycles. The van der Waals surface area contributed by atoms with E-state index in [-0.39, 0.29) is 17.7 Å². The fourth-order valence-electron chi connectivity index (χ4n) is 3.09. The number of hydrogen-bond donors (Lipinski definition) is 1. The maximum atomic E-state index is 14.3. The van der Waals surface area contributed by atoms with Crippen LogP contribution >= 0.6 is 0 Å². The maximum absolute atomic E-state index is 14.3. The highest BCUT2D eigenvalue weighted by Gasteiger charge is 2.34. The quantitative estimate of drug-likeness (QED) is 0.914. The number of pyridine rings is 1. The van der Waals surface area contributed by atoms with Crippen LogP contribution in [-0.2, 0) is 10.0 Å². The standard InChI is InChI=1S/C15H18F2N4O2S/c1-9-8-21(24(2,22)23)6-5-11(9)13-14(17)20-15(19-13)12-4-3-10(16)7-18-12/h3-4,7,9,11H,5-6,8H2,1-2H3,(H,19,20)/t9-,11+/m0/s1. The minimum absolute atomic E-state index is 0.0579. The van der Waals surface area contributed by atoms with Crippen molar-refractivity contribution in [1.29, 1.82) is 0 Å². The average Bonchev–Trinajstić information content (AvgIpc) is 2.89. The molecule has 1 aliphatic rings. The molecule has 9 heteroatoms. The Bertz CT molecular complexity index is 836. The van der Waals surface area contributed by atoms with Gasteiger partial charge < -0.3 is 4.98 Å². The highest BCUT2D eigenvalue weighted by atomic mass is 32.2. The monoisotopic (exact) mass is 356 g/mol. The van der Waals surface area contributed by atoms with E-state index in [0.717, 1.165) is 6.20 Å².